The van der Waals surface area contributed by atoms with Gasteiger partial charge in [-0.05, 0) is 13.0 Å². The van der Waals surface area contributed by atoms with E-state index in [2.05, 4.69) is 5.16 Å². The lowest BCUT2D eigenvalue weighted by Crippen LogP contribution is -2.25. The zero-order chi connectivity index (χ0) is 15.1. The average Bonchev–Trinajstić information content (AvgIpc) is 2.94. The van der Waals surface area contributed by atoms with E-state index in [1.54, 1.807) is 0 Å². The number of carboxylic acids is 1. The van der Waals surface area contributed by atoms with Gasteiger partial charge in [0.2, 0.25) is 0 Å². The first-order valence-corrected chi connectivity index (χ1v) is 6.69. The normalized spacial score (nSPS) is 22.0. The van der Waals surface area contributed by atoms with Gasteiger partial charge >= 0.3 is 5.97 Å². The number of nitrogens with zero attached hydrogens (tertiary/aromatic N) is 1. The molecule has 2 rings (SSSR count). The number of hydrogen-bond acceptors (Lipinski definition) is 3. The van der Waals surface area contributed by atoms with Gasteiger partial charge in [0, 0.05) is 5.56 Å². The fourth-order valence-corrected chi connectivity index (χ4v) is 2.08. The molecule has 0 spiro atoms. The Bertz CT molecular complexity index is 614. The van der Waals surface area contributed by atoms with E-state index in [-0.39, 0.29) is 12.1 Å². The summed E-state index contributed by atoms with van der Waals surface area (Å²) in [5.41, 5.74) is 0.0523. The van der Waals surface area contributed by atoms with Gasteiger partial charge < -0.3 is 9.94 Å². The van der Waals surface area contributed by atoms with E-state index in [1.165, 1.54) is 0 Å². The highest BCUT2D eigenvalue weighted by Crippen LogP contribution is 2.36. The molecule has 0 saturated carbocycles. The largest absolute Gasteiger partial charge is 0.477 e. The van der Waals surface area contributed by atoms with Crippen molar-refractivity contribution in [1.82, 2.24) is 0 Å². The molecule has 1 unspecified atom stereocenters. The molecule has 1 aliphatic rings. The van der Waals surface area contributed by atoms with Crippen LogP contribution in [0.4, 0.5) is 0 Å². The molecule has 108 valence electrons. The maximum Gasteiger partial charge on any atom is 0.353 e. The van der Waals surface area contributed by atoms with Crippen LogP contribution in [0.15, 0.2) is 71.9 Å². The molecule has 0 saturated heterocycles. The average molecular weight is 283 g/mol. The van der Waals surface area contributed by atoms with Crippen LogP contribution in [0.25, 0.3) is 0 Å². The van der Waals surface area contributed by atoms with Crippen molar-refractivity contribution in [3.8, 4) is 0 Å². The van der Waals surface area contributed by atoms with E-state index in [1.807, 2.05) is 73.7 Å². The number of carbonyl (C=O) groups is 1. The highest BCUT2D eigenvalue weighted by molar-refractivity contribution is 6.36. The van der Waals surface area contributed by atoms with Crippen molar-refractivity contribution in [2.24, 2.45) is 5.16 Å². The summed E-state index contributed by atoms with van der Waals surface area (Å²) in [5.74, 6) is -1.05. The van der Waals surface area contributed by atoms with E-state index in [4.69, 9.17) is 9.94 Å². The van der Waals surface area contributed by atoms with Gasteiger partial charge in [-0.2, -0.15) is 0 Å². The Morgan fingerprint density at radius 1 is 1.24 bits per heavy atom. The second-order valence-corrected chi connectivity index (χ2v) is 4.64. The topological polar surface area (TPSA) is 58.9 Å². The highest BCUT2D eigenvalue weighted by Gasteiger charge is 2.40. The van der Waals surface area contributed by atoms with Gasteiger partial charge in [-0.25, -0.2) is 4.79 Å². The minimum Gasteiger partial charge on any atom is -0.477 e. The summed E-state index contributed by atoms with van der Waals surface area (Å²) in [6.07, 6.45) is 11.5. The first kappa shape index (κ1) is 14.8. The Morgan fingerprint density at radius 2 is 1.95 bits per heavy atom. The molecule has 1 N–H and O–H groups in total. The van der Waals surface area contributed by atoms with Crippen molar-refractivity contribution in [2.45, 2.75) is 18.9 Å². The Hall–Kier alpha value is -2.62. The third-order valence-corrected chi connectivity index (χ3v) is 3.15. The van der Waals surface area contributed by atoms with Gasteiger partial charge in [-0.15, -0.1) is 0 Å². The molecule has 21 heavy (non-hydrogen) atoms. The number of hydrogen-bond donors (Lipinski definition) is 1. The summed E-state index contributed by atoms with van der Waals surface area (Å²) >= 11 is 0. The van der Waals surface area contributed by atoms with Gasteiger partial charge in [-0.3, -0.25) is 0 Å². The third kappa shape index (κ3) is 3.48. The summed E-state index contributed by atoms with van der Waals surface area (Å²) in [6, 6.07) is 9.49. The van der Waals surface area contributed by atoms with Crippen molar-refractivity contribution < 1.29 is 14.7 Å². The summed E-state index contributed by atoms with van der Waals surface area (Å²) in [6.45, 7) is 1.94. The van der Waals surface area contributed by atoms with E-state index >= 15 is 0 Å². The smallest absolute Gasteiger partial charge is 0.353 e. The SMILES string of the molecule is C\C=C/C=C\C=C\C1(c2ccccc2)CC(C(=O)O)=NO1. The summed E-state index contributed by atoms with van der Waals surface area (Å²) in [7, 11) is 0. The molecule has 1 aromatic carbocycles. The molecule has 0 bridgehead atoms. The number of benzene rings is 1. The lowest BCUT2D eigenvalue weighted by Gasteiger charge is -2.23. The van der Waals surface area contributed by atoms with E-state index in [0.29, 0.717) is 0 Å². The zero-order valence-electron chi connectivity index (χ0n) is 11.8. The van der Waals surface area contributed by atoms with Crippen LogP contribution in [0.1, 0.15) is 18.9 Å². The van der Waals surface area contributed by atoms with Crippen molar-refractivity contribution in [3.05, 3.63) is 72.4 Å². The van der Waals surface area contributed by atoms with Crippen LogP contribution in [0.3, 0.4) is 0 Å². The second kappa shape index (κ2) is 6.70. The highest BCUT2D eigenvalue weighted by atomic mass is 16.7. The van der Waals surface area contributed by atoms with Crippen molar-refractivity contribution >= 4 is 11.7 Å². The minimum atomic E-state index is -1.05. The van der Waals surface area contributed by atoms with Crippen LogP contribution < -0.4 is 0 Å². The second-order valence-electron chi connectivity index (χ2n) is 4.64. The van der Waals surface area contributed by atoms with Crippen LogP contribution in [-0.4, -0.2) is 16.8 Å². The van der Waals surface area contributed by atoms with E-state index in [9.17, 15) is 4.79 Å². The predicted molar refractivity (Wildman–Crippen MR) is 82.0 cm³/mol. The Labute approximate surface area is 123 Å². The maximum atomic E-state index is 11.1. The maximum absolute atomic E-state index is 11.1. The molecule has 0 aromatic heterocycles. The summed E-state index contributed by atoms with van der Waals surface area (Å²) in [4.78, 5) is 16.6. The molecule has 1 heterocycles. The number of carboxylic acid groups (broad SMARTS) is 1. The molecular weight excluding hydrogens is 266 g/mol. The predicted octanol–water partition coefficient (Wildman–Crippen LogP) is 3.43. The lowest BCUT2D eigenvalue weighted by atomic mass is 9.88. The first-order valence-electron chi connectivity index (χ1n) is 6.69. The standard InChI is InChI=1S/C17H17NO3/c1-2-3-4-5-9-12-17(14-10-7-6-8-11-14)13-15(16(19)20)18-21-17/h2-12H,13H2,1H3,(H,19,20)/b3-2-,5-4-,12-9+. The molecule has 4 heteroatoms. The monoisotopic (exact) mass is 283 g/mol. The van der Waals surface area contributed by atoms with Crippen LogP contribution in [0.2, 0.25) is 0 Å². The molecule has 0 radical (unpaired) electrons. The quantitative estimate of drug-likeness (QED) is 0.842. The Morgan fingerprint density at radius 3 is 2.57 bits per heavy atom. The zero-order valence-corrected chi connectivity index (χ0v) is 11.8. The molecule has 1 aromatic rings. The molecular formula is C17H17NO3. The number of aliphatic carboxylic acids is 1. The van der Waals surface area contributed by atoms with Crippen LogP contribution in [0, 0.1) is 0 Å². The van der Waals surface area contributed by atoms with Crippen LogP contribution in [0.5, 0.6) is 0 Å². The van der Waals surface area contributed by atoms with Gasteiger partial charge in [0.15, 0.2) is 11.3 Å². The van der Waals surface area contributed by atoms with Crippen LogP contribution in [-0.2, 0) is 15.2 Å². The molecule has 1 atom stereocenters. The van der Waals surface area contributed by atoms with Gasteiger partial charge in [0.1, 0.15) is 0 Å². The molecule has 4 nitrogen and oxygen atoms in total. The lowest BCUT2D eigenvalue weighted by molar-refractivity contribution is -0.129. The third-order valence-electron chi connectivity index (χ3n) is 3.15. The van der Waals surface area contributed by atoms with Gasteiger partial charge in [-0.1, -0.05) is 65.9 Å². The first-order chi connectivity index (χ1) is 10.2. The summed E-state index contributed by atoms with van der Waals surface area (Å²) in [5, 5.41) is 12.8. The molecule has 0 fully saturated rings. The fraction of sp³-hybridized carbons (Fsp3) is 0.176. The van der Waals surface area contributed by atoms with E-state index < -0.39 is 11.6 Å². The number of oxime groups is 1. The van der Waals surface area contributed by atoms with Crippen molar-refractivity contribution in [1.29, 1.82) is 0 Å². The van der Waals surface area contributed by atoms with Crippen molar-refractivity contribution in [2.75, 3.05) is 0 Å². The molecule has 0 amide bonds. The number of allylic oxidation sites excluding steroid dienone is 5. The van der Waals surface area contributed by atoms with Gasteiger partial charge in [0.25, 0.3) is 0 Å². The molecule has 1 aliphatic heterocycles. The summed E-state index contributed by atoms with van der Waals surface area (Å²) < 4.78 is 0. The fourth-order valence-electron chi connectivity index (χ4n) is 2.08. The Kier molecular flexibility index (Phi) is 4.72. The van der Waals surface area contributed by atoms with E-state index in [0.717, 1.165) is 5.56 Å². The number of rotatable bonds is 5. The Balaban J connectivity index is 2.27. The van der Waals surface area contributed by atoms with Crippen LogP contribution >= 0.6 is 0 Å². The molecule has 0 aliphatic carbocycles. The minimum absolute atomic E-state index is 0.0286. The van der Waals surface area contributed by atoms with Crippen molar-refractivity contribution in [3.63, 3.8) is 0 Å². The van der Waals surface area contributed by atoms with Gasteiger partial charge in [0.05, 0.1) is 6.42 Å².